The Morgan fingerprint density at radius 2 is 1.92 bits per heavy atom. The van der Waals surface area contributed by atoms with E-state index in [2.05, 4.69) is 13.2 Å². The zero-order valence-electron chi connectivity index (χ0n) is 21.7. The number of halogens is 1. The number of rotatable bonds is 10. The Morgan fingerprint density at radius 3 is 2.51 bits per heavy atom. The van der Waals surface area contributed by atoms with Gasteiger partial charge in [-0.25, -0.2) is 0 Å². The number of likely N-dealkylation sites (N-methyl/N-ethyl adjacent to an activating group) is 1. The lowest BCUT2D eigenvalue weighted by Gasteiger charge is -2.40. The van der Waals surface area contributed by atoms with Crippen LogP contribution in [0, 0.1) is 17.8 Å². The molecule has 1 aromatic carbocycles. The van der Waals surface area contributed by atoms with Gasteiger partial charge < -0.3 is 24.5 Å². The monoisotopic (exact) mass is 529 g/mol. The molecule has 2 unspecified atom stereocenters. The Kier molecular flexibility index (Phi) is 7.83. The molecule has 0 saturated carbocycles. The molecular weight excluding hydrogens is 494 g/mol. The summed E-state index contributed by atoms with van der Waals surface area (Å²) in [4.78, 5) is 46.8. The van der Waals surface area contributed by atoms with Crippen LogP contribution in [0.3, 0.4) is 0 Å². The van der Waals surface area contributed by atoms with Gasteiger partial charge in [-0.05, 0) is 30.9 Å². The first-order valence-electron chi connectivity index (χ1n) is 12.8. The van der Waals surface area contributed by atoms with Gasteiger partial charge in [-0.15, -0.1) is 13.2 Å². The quantitative estimate of drug-likeness (QED) is 0.471. The predicted molar refractivity (Wildman–Crippen MR) is 142 cm³/mol. The number of carbonyl (C=O) groups is 3. The number of para-hydroxylation sites is 1. The fourth-order valence-electron chi connectivity index (χ4n) is 6.42. The van der Waals surface area contributed by atoms with E-state index in [0.717, 1.165) is 0 Å². The molecule has 8 nitrogen and oxygen atoms in total. The molecular formula is C28H36ClN3O5. The zero-order chi connectivity index (χ0) is 27.1. The Bertz CT molecular complexity index is 1090. The van der Waals surface area contributed by atoms with Crippen LogP contribution < -0.4 is 4.90 Å². The van der Waals surface area contributed by atoms with Gasteiger partial charge in [-0.3, -0.25) is 14.4 Å². The van der Waals surface area contributed by atoms with Crippen molar-refractivity contribution in [1.29, 1.82) is 0 Å². The predicted octanol–water partition coefficient (Wildman–Crippen LogP) is 2.89. The van der Waals surface area contributed by atoms with Crippen LogP contribution in [0.1, 0.15) is 26.7 Å². The molecule has 1 spiro atoms. The molecule has 2 bridgehead atoms. The molecule has 0 aliphatic carbocycles. The molecule has 3 aliphatic rings. The molecule has 3 fully saturated rings. The number of hydrogen-bond donors (Lipinski definition) is 1. The van der Waals surface area contributed by atoms with Crippen molar-refractivity contribution in [3.63, 3.8) is 0 Å². The van der Waals surface area contributed by atoms with Gasteiger partial charge in [0, 0.05) is 20.1 Å². The second-order valence-electron chi connectivity index (χ2n) is 10.5. The summed E-state index contributed by atoms with van der Waals surface area (Å²) in [6.07, 6.45) is 3.82. The Morgan fingerprint density at radius 1 is 1.24 bits per heavy atom. The summed E-state index contributed by atoms with van der Waals surface area (Å²) < 4.78 is 6.53. The molecule has 0 aromatic heterocycles. The van der Waals surface area contributed by atoms with Crippen LogP contribution >= 0.6 is 11.6 Å². The van der Waals surface area contributed by atoms with Crippen molar-refractivity contribution in [3.05, 3.63) is 54.6 Å². The van der Waals surface area contributed by atoms with Crippen molar-refractivity contribution >= 4 is 35.0 Å². The third-order valence-corrected chi connectivity index (χ3v) is 8.39. The smallest absolute Gasteiger partial charge is 0.253 e. The van der Waals surface area contributed by atoms with E-state index in [0.29, 0.717) is 30.1 Å². The molecule has 1 N–H and O–H groups in total. The maximum Gasteiger partial charge on any atom is 0.253 e. The molecule has 6 atom stereocenters. The fourth-order valence-corrected chi connectivity index (χ4v) is 6.66. The number of hydrogen-bond acceptors (Lipinski definition) is 5. The van der Waals surface area contributed by atoms with Crippen LogP contribution in [-0.2, 0) is 19.1 Å². The normalized spacial score (nSPS) is 28.8. The van der Waals surface area contributed by atoms with Crippen molar-refractivity contribution < 1.29 is 24.2 Å². The number of fused-ring (bicyclic) bond motifs is 1. The average Bonchev–Trinajstić information content (AvgIpc) is 3.50. The molecule has 37 heavy (non-hydrogen) atoms. The molecule has 9 heteroatoms. The van der Waals surface area contributed by atoms with Gasteiger partial charge in [0.1, 0.15) is 11.6 Å². The minimum Gasteiger partial charge on any atom is -0.394 e. The second kappa shape index (κ2) is 10.6. The highest BCUT2D eigenvalue weighted by molar-refractivity contribution is 6.34. The van der Waals surface area contributed by atoms with Gasteiger partial charge in [-0.2, -0.15) is 0 Å². The first-order valence-corrected chi connectivity index (χ1v) is 13.2. The largest absolute Gasteiger partial charge is 0.394 e. The van der Waals surface area contributed by atoms with Gasteiger partial charge in [-0.1, -0.05) is 49.7 Å². The summed E-state index contributed by atoms with van der Waals surface area (Å²) in [5.74, 6) is -2.54. The molecule has 200 valence electrons. The topological polar surface area (TPSA) is 90.4 Å². The van der Waals surface area contributed by atoms with Gasteiger partial charge >= 0.3 is 0 Å². The SMILES string of the molecule is C=CCN(C)C(=O)[C@@H]1[C@H]2C(=O)N([C@@H](CO)C(C)C)C(C(=O)N(CC=C)c3ccccc3Cl)C23CC[C@H]1O3. The maximum atomic E-state index is 14.5. The number of ether oxygens (including phenoxy) is 1. The standard InChI is InChI=1S/C28H36ClN3O5/c1-6-14-30(5)25(34)22-21-12-13-28(37-21)23(22)26(35)32(20(16-33)17(3)4)24(28)27(36)31(15-7-2)19-11-9-8-10-18(19)29/h6-11,17,20-24,33H,1-2,12-16H2,3-5H3/t20-,21+,22-,23-,24?,28?/m0/s1. The van der Waals surface area contributed by atoms with Crippen LogP contribution in [-0.4, -0.2) is 83.2 Å². The minimum atomic E-state index is -1.17. The summed E-state index contributed by atoms with van der Waals surface area (Å²) in [6.45, 7) is 11.5. The van der Waals surface area contributed by atoms with E-state index in [1.807, 2.05) is 13.8 Å². The number of amides is 3. The molecule has 1 aromatic rings. The van der Waals surface area contributed by atoms with Crippen molar-refractivity contribution in [1.82, 2.24) is 9.80 Å². The lowest BCUT2D eigenvalue weighted by Crippen LogP contribution is -2.59. The summed E-state index contributed by atoms with van der Waals surface area (Å²) in [5.41, 5.74) is -0.672. The van der Waals surface area contributed by atoms with E-state index in [9.17, 15) is 19.5 Å². The lowest BCUT2D eigenvalue weighted by atomic mass is 9.70. The molecule has 3 aliphatic heterocycles. The van der Waals surface area contributed by atoms with Crippen molar-refractivity contribution in [2.45, 2.75) is 50.5 Å². The van der Waals surface area contributed by atoms with E-state index in [4.69, 9.17) is 16.3 Å². The Balaban J connectivity index is 1.84. The maximum absolute atomic E-state index is 14.5. The number of aliphatic hydroxyl groups is 1. The number of nitrogens with zero attached hydrogens (tertiary/aromatic N) is 3. The highest BCUT2D eigenvalue weighted by Crippen LogP contribution is 2.59. The van der Waals surface area contributed by atoms with Gasteiger partial charge in [0.05, 0.1) is 41.3 Å². The molecule has 3 heterocycles. The summed E-state index contributed by atoms with van der Waals surface area (Å²) in [5, 5.41) is 10.7. The third kappa shape index (κ3) is 4.29. The molecule has 4 rings (SSSR count). The van der Waals surface area contributed by atoms with E-state index < -0.39 is 35.6 Å². The van der Waals surface area contributed by atoms with Crippen LogP contribution in [0.2, 0.25) is 5.02 Å². The summed E-state index contributed by atoms with van der Waals surface area (Å²) >= 11 is 6.49. The van der Waals surface area contributed by atoms with Crippen molar-refractivity contribution in [2.75, 3.05) is 31.6 Å². The highest BCUT2D eigenvalue weighted by Gasteiger charge is 2.75. The highest BCUT2D eigenvalue weighted by atomic mass is 35.5. The number of aliphatic hydroxyl groups excluding tert-OH is 1. The Labute approximate surface area is 223 Å². The first kappa shape index (κ1) is 27.4. The van der Waals surface area contributed by atoms with Crippen molar-refractivity contribution in [3.8, 4) is 0 Å². The third-order valence-electron chi connectivity index (χ3n) is 8.07. The number of carbonyl (C=O) groups excluding carboxylic acids is 3. The van der Waals surface area contributed by atoms with E-state index in [1.165, 1.54) is 9.80 Å². The minimum absolute atomic E-state index is 0.137. The van der Waals surface area contributed by atoms with Crippen molar-refractivity contribution in [2.24, 2.45) is 17.8 Å². The number of anilines is 1. The first-order chi connectivity index (χ1) is 17.6. The summed E-state index contributed by atoms with van der Waals surface area (Å²) in [6, 6.07) is 5.37. The zero-order valence-corrected chi connectivity index (χ0v) is 22.4. The van der Waals surface area contributed by atoms with E-state index in [1.54, 1.807) is 48.4 Å². The fraction of sp³-hybridized carbons (Fsp3) is 0.536. The van der Waals surface area contributed by atoms with Crippen LogP contribution in [0.25, 0.3) is 0 Å². The Hall–Kier alpha value is -2.68. The van der Waals surface area contributed by atoms with E-state index >= 15 is 0 Å². The number of likely N-dealkylation sites (tertiary alicyclic amines) is 1. The van der Waals surface area contributed by atoms with Crippen LogP contribution in [0.5, 0.6) is 0 Å². The van der Waals surface area contributed by atoms with Gasteiger partial charge in [0.2, 0.25) is 11.8 Å². The van der Waals surface area contributed by atoms with Gasteiger partial charge in [0.15, 0.2) is 0 Å². The molecule has 3 amide bonds. The van der Waals surface area contributed by atoms with Crippen LogP contribution in [0.15, 0.2) is 49.6 Å². The molecule has 0 radical (unpaired) electrons. The lowest BCUT2D eigenvalue weighted by molar-refractivity contribution is -0.147. The average molecular weight is 530 g/mol. The second-order valence-corrected chi connectivity index (χ2v) is 10.9. The summed E-state index contributed by atoms with van der Waals surface area (Å²) in [7, 11) is 1.68. The van der Waals surface area contributed by atoms with E-state index in [-0.39, 0.29) is 36.8 Å². The molecule has 3 saturated heterocycles. The van der Waals surface area contributed by atoms with Crippen LogP contribution in [0.4, 0.5) is 5.69 Å². The van der Waals surface area contributed by atoms with Gasteiger partial charge in [0.25, 0.3) is 5.91 Å². The number of benzene rings is 1.